The molecule has 0 aliphatic carbocycles. The van der Waals surface area contributed by atoms with Gasteiger partial charge in [0, 0.05) is 19.7 Å². The molecule has 2 rings (SSSR count). The van der Waals surface area contributed by atoms with Crippen molar-refractivity contribution in [1.29, 1.82) is 0 Å². The number of hydrogen-bond acceptors (Lipinski definition) is 4. The van der Waals surface area contributed by atoms with E-state index in [0.717, 1.165) is 12.2 Å². The third kappa shape index (κ3) is 1.83. The molecule has 0 saturated carbocycles. The first-order chi connectivity index (χ1) is 7.22. The SMILES string of the molecule is COCc1cc2c([nH]c1=O)OCCN2C. The van der Waals surface area contributed by atoms with Crippen LogP contribution in [0.5, 0.6) is 5.88 Å². The molecule has 1 aromatic rings. The molecule has 0 amide bonds. The van der Waals surface area contributed by atoms with Crippen molar-refractivity contribution in [2.24, 2.45) is 0 Å². The lowest BCUT2D eigenvalue weighted by Crippen LogP contribution is -2.31. The Morgan fingerprint density at radius 2 is 2.47 bits per heavy atom. The fraction of sp³-hybridized carbons (Fsp3) is 0.500. The lowest BCUT2D eigenvalue weighted by atomic mass is 10.2. The van der Waals surface area contributed by atoms with Gasteiger partial charge in [0.2, 0.25) is 5.88 Å². The van der Waals surface area contributed by atoms with Crippen LogP contribution in [-0.2, 0) is 11.3 Å². The van der Waals surface area contributed by atoms with Gasteiger partial charge in [-0.15, -0.1) is 0 Å². The smallest absolute Gasteiger partial charge is 0.256 e. The molecule has 0 aromatic carbocycles. The zero-order chi connectivity index (χ0) is 10.8. The van der Waals surface area contributed by atoms with Crippen molar-refractivity contribution in [2.45, 2.75) is 6.61 Å². The number of fused-ring (bicyclic) bond motifs is 1. The van der Waals surface area contributed by atoms with Crippen LogP contribution < -0.4 is 15.2 Å². The number of rotatable bonds is 2. The molecule has 5 nitrogen and oxygen atoms in total. The van der Waals surface area contributed by atoms with E-state index in [1.54, 1.807) is 7.11 Å². The highest BCUT2D eigenvalue weighted by molar-refractivity contribution is 5.56. The minimum Gasteiger partial charge on any atom is -0.476 e. The van der Waals surface area contributed by atoms with Gasteiger partial charge in [-0.2, -0.15) is 0 Å². The van der Waals surface area contributed by atoms with E-state index in [2.05, 4.69) is 4.98 Å². The Morgan fingerprint density at radius 1 is 1.67 bits per heavy atom. The van der Waals surface area contributed by atoms with Crippen molar-refractivity contribution in [3.05, 3.63) is 22.0 Å². The van der Waals surface area contributed by atoms with Gasteiger partial charge in [0.15, 0.2) is 0 Å². The average molecular weight is 210 g/mol. The number of likely N-dealkylation sites (N-methyl/N-ethyl adjacent to an activating group) is 1. The van der Waals surface area contributed by atoms with Crippen LogP contribution >= 0.6 is 0 Å². The zero-order valence-corrected chi connectivity index (χ0v) is 8.87. The number of nitrogens with zero attached hydrogens (tertiary/aromatic N) is 1. The summed E-state index contributed by atoms with van der Waals surface area (Å²) in [5.74, 6) is 0.550. The molecule has 2 heterocycles. The molecule has 0 fully saturated rings. The summed E-state index contributed by atoms with van der Waals surface area (Å²) in [7, 11) is 3.54. The lowest BCUT2D eigenvalue weighted by Gasteiger charge is -2.27. The summed E-state index contributed by atoms with van der Waals surface area (Å²) in [6, 6.07) is 1.82. The van der Waals surface area contributed by atoms with Gasteiger partial charge in [0.05, 0.1) is 18.8 Å². The average Bonchev–Trinajstić information content (AvgIpc) is 2.21. The molecule has 15 heavy (non-hydrogen) atoms. The molecule has 0 radical (unpaired) electrons. The molecule has 1 aliphatic rings. The van der Waals surface area contributed by atoms with E-state index < -0.39 is 0 Å². The summed E-state index contributed by atoms with van der Waals surface area (Å²) in [6.45, 7) is 1.74. The molecule has 0 saturated heterocycles. The summed E-state index contributed by atoms with van der Waals surface area (Å²) in [4.78, 5) is 16.3. The van der Waals surface area contributed by atoms with Crippen LogP contribution in [0, 0.1) is 0 Å². The van der Waals surface area contributed by atoms with Crippen molar-refractivity contribution in [3.63, 3.8) is 0 Å². The van der Waals surface area contributed by atoms with E-state index in [9.17, 15) is 4.79 Å². The first-order valence-electron chi connectivity index (χ1n) is 4.81. The number of aromatic nitrogens is 1. The van der Waals surface area contributed by atoms with Crippen molar-refractivity contribution >= 4 is 5.69 Å². The molecule has 5 heteroatoms. The Bertz CT molecular complexity index is 414. The molecule has 0 bridgehead atoms. The Morgan fingerprint density at radius 3 is 3.20 bits per heavy atom. The normalized spacial score (nSPS) is 14.7. The number of ether oxygens (including phenoxy) is 2. The second-order valence-electron chi connectivity index (χ2n) is 3.54. The number of nitrogens with one attached hydrogen (secondary N) is 1. The molecule has 82 valence electrons. The first kappa shape index (κ1) is 10.0. The maximum Gasteiger partial charge on any atom is 0.256 e. The number of hydrogen-bond donors (Lipinski definition) is 1. The minimum absolute atomic E-state index is 0.147. The number of methoxy groups -OCH3 is 1. The van der Waals surface area contributed by atoms with E-state index in [1.807, 2.05) is 18.0 Å². The summed E-state index contributed by atoms with van der Waals surface area (Å²) >= 11 is 0. The van der Waals surface area contributed by atoms with Crippen molar-refractivity contribution < 1.29 is 9.47 Å². The quantitative estimate of drug-likeness (QED) is 0.765. The highest BCUT2D eigenvalue weighted by Crippen LogP contribution is 2.27. The van der Waals surface area contributed by atoms with Gasteiger partial charge in [-0.3, -0.25) is 9.78 Å². The standard InChI is InChI=1S/C10H14N2O3/c1-12-3-4-15-10-8(12)5-7(6-14-2)9(13)11-10/h5H,3-4,6H2,1-2H3,(H,11,13). The largest absolute Gasteiger partial charge is 0.476 e. The maximum atomic E-state index is 11.6. The van der Waals surface area contributed by atoms with Crippen molar-refractivity contribution in [3.8, 4) is 5.88 Å². The van der Waals surface area contributed by atoms with Gasteiger partial charge in [-0.05, 0) is 6.07 Å². The van der Waals surface area contributed by atoms with E-state index in [1.165, 1.54) is 0 Å². The third-order valence-corrected chi connectivity index (χ3v) is 2.45. The number of H-pyrrole nitrogens is 1. The van der Waals surface area contributed by atoms with E-state index in [4.69, 9.17) is 9.47 Å². The van der Waals surface area contributed by atoms with Crippen LogP contribution in [0.2, 0.25) is 0 Å². The van der Waals surface area contributed by atoms with Gasteiger partial charge in [-0.1, -0.05) is 0 Å². The third-order valence-electron chi connectivity index (χ3n) is 2.45. The van der Waals surface area contributed by atoms with Gasteiger partial charge < -0.3 is 14.4 Å². The first-order valence-corrected chi connectivity index (χ1v) is 4.81. The Labute approximate surface area is 87.6 Å². The summed E-state index contributed by atoms with van der Waals surface area (Å²) in [6.07, 6.45) is 0. The Kier molecular flexibility index (Phi) is 2.64. The van der Waals surface area contributed by atoms with E-state index in [0.29, 0.717) is 24.7 Å². The highest BCUT2D eigenvalue weighted by Gasteiger charge is 2.17. The molecule has 0 atom stereocenters. The predicted octanol–water partition coefficient (Wildman–Crippen LogP) is 0.350. The highest BCUT2D eigenvalue weighted by atomic mass is 16.5. The van der Waals surface area contributed by atoms with E-state index >= 15 is 0 Å². The van der Waals surface area contributed by atoms with Gasteiger partial charge in [0.25, 0.3) is 5.56 Å². The lowest BCUT2D eigenvalue weighted by molar-refractivity contribution is 0.183. The van der Waals surface area contributed by atoms with Gasteiger partial charge in [0.1, 0.15) is 6.61 Å². The van der Waals surface area contributed by atoms with Crippen LogP contribution in [0.25, 0.3) is 0 Å². The number of pyridine rings is 1. The number of aromatic amines is 1. The maximum absolute atomic E-state index is 11.6. The van der Waals surface area contributed by atoms with Crippen LogP contribution in [0.1, 0.15) is 5.56 Å². The van der Waals surface area contributed by atoms with Gasteiger partial charge >= 0.3 is 0 Å². The molecule has 0 spiro atoms. The molecular formula is C10H14N2O3. The monoisotopic (exact) mass is 210 g/mol. The Balaban J connectivity index is 2.45. The van der Waals surface area contributed by atoms with E-state index in [-0.39, 0.29) is 5.56 Å². The minimum atomic E-state index is -0.147. The van der Waals surface area contributed by atoms with Crippen molar-refractivity contribution in [2.75, 3.05) is 32.2 Å². The molecule has 1 N–H and O–H groups in total. The predicted molar refractivity (Wildman–Crippen MR) is 56.5 cm³/mol. The summed E-state index contributed by atoms with van der Waals surface area (Å²) in [5.41, 5.74) is 1.38. The zero-order valence-electron chi connectivity index (χ0n) is 8.87. The summed E-state index contributed by atoms with van der Waals surface area (Å²) in [5, 5.41) is 0. The second kappa shape index (κ2) is 3.94. The fourth-order valence-corrected chi connectivity index (χ4v) is 1.60. The molecule has 1 aromatic heterocycles. The van der Waals surface area contributed by atoms with Crippen molar-refractivity contribution in [1.82, 2.24) is 4.98 Å². The summed E-state index contributed by atoms with van der Waals surface area (Å²) < 4.78 is 10.3. The topological polar surface area (TPSA) is 54.6 Å². The van der Waals surface area contributed by atoms with Crippen LogP contribution in [-0.4, -0.2) is 32.3 Å². The van der Waals surface area contributed by atoms with Gasteiger partial charge in [-0.25, -0.2) is 0 Å². The molecule has 0 unspecified atom stereocenters. The molecule has 1 aliphatic heterocycles. The van der Waals surface area contributed by atoms with Crippen LogP contribution in [0.3, 0.4) is 0 Å². The molecular weight excluding hydrogens is 196 g/mol. The van der Waals surface area contributed by atoms with Crippen LogP contribution in [0.15, 0.2) is 10.9 Å². The van der Waals surface area contributed by atoms with Crippen LogP contribution in [0.4, 0.5) is 5.69 Å². The second-order valence-corrected chi connectivity index (χ2v) is 3.54. The Hall–Kier alpha value is -1.49. The fourth-order valence-electron chi connectivity index (χ4n) is 1.60. The number of anilines is 1.